The molecule has 0 radical (unpaired) electrons. The third kappa shape index (κ3) is 3.03. The SMILES string of the molecule is CN1CCN(C(=O)c2cc(S)ccc2Br)CC1. The summed E-state index contributed by atoms with van der Waals surface area (Å²) in [4.78, 5) is 17.3. The molecule has 0 atom stereocenters. The molecule has 0 N–H and O–H groups in total. The van der Waals surface area contributed by atoms with E-state index in [1.165, 1.54) is 0 Å². The molecule has 17 heavy (non-hydrogen) atoms. The number of rotatable bonds is 1. The highest BCUT2D eigenvalue weighted by molar-refractivity contribution is 9.10. The maximum absolute atomic E-state index is 12.3. The second-order valence-corrected chi connectivity index (χ2v) is 5.63. The summed E-state index contributed by atoms with van der Waals surface area (Å²) in [6, 6.07) is 5.55. The van der Waals surface area contributed by atoms with Crippen LogP contribution >= 0.6 is 28.6 Å². The molecule has 0 aliphatic carbocycles. The monoisotopic (exact) mass is 314 g/mol. The summed E-state index contributed by atoms with van der Waals surface area (Å²) in [6.07, 6.45) is 0. The van der Waals surface area contributed by atoms with Gasteiger partial charge in [0.2, 0.25) is 0 Å². The smallest absolute Gasteiger partial charge is 0.255 e. The third-order valence-electron chi connectivity index (χ3n) is 2.97. The Morgan fingerprint density at radius 3 is 2.59 bits per heavy atom. The minimum Gasteiger partial charge on any atom is -0.336 e. The van der Waals surface area contributed by atoms with Crippen molar-refractivity contribution < 1.29 is 4.79 Å². The van der Waals surface area contributed by atoms with Crippen molar-refractivity contribution in [2.24, 2.45) is 0 Å². The lowest BCUT2D eigenvalue weighted by Crippen LogP contribution is -2.47. The van der Waals surface area contributed by atoms with Crippen molar-refractivity contribution in [1.29, 1.82) is 0 Å². The van der Waals surface area contributed by atoms with Crippen molar-refractivity contribution >= 4 is 34.5 Å². The predicted octanol–water partition coefficient (Wildman–Crippen LogP) is 2.13. The van der Waals surface area contributed by atoms with E-state index < -0.39 is 0 Å². The van der Waals surface area contributed by atoms with Gasteiger partial charge in [0.05, 0.1) is 5.56 Å². The van der Waals surface area contributed by atoms with Crippen molar-refractivity contribution in [1.82, 2.24) is 9.80 Å². The molecule has 1 aliphatic rings. The number of likely N-dealkylation sites (N-methyl/N-ethyl adjacent to an activating group) is 1. The van der Waals surface area contributed by atoms with Gasteiger partial charge in [-0.15, -0.1) is 12.6 Å². The van der Waals surface area contributed by atoms with Gasteiger partial charge < -0.3 is 9.80 Å². The van der Waals surface area contributed by atoms with Gasteiger partial charge in [0.25, 0.3) is 5.91 Å². The first-order valence-corrected chi connectivity index (χ1v) is 6.78. The predicted molar refractivity (Wildman–Crippen MR) is 74.8 cm³/mol. The lowest BCUT2D eigenvalue weighted by Gasteiger charge is -2.32. The Hall–Kier alpha value is -0.520. The van der Waals surface area contributed by atoms with Crippen LogP contribution in [0.25, 0.3) is 0 Å². The highest BCUT2D eigenvalue weighted by atomic mass is 79.9. The Balaban J connectivity index is 2.16. The van der Waals surface area contributed by atoms with Crippen molar-refractivity contribution in [3.05, 3.63) is 28.2 Å². The molecule has 0 unspecified atom stereocenters. The van der Waals surface area contributed by atoms with Gasteiger partial charge in [0.15, 0.2) is 0 Å². The van der Waals surface area contributed by atoms with E-state index in [9.17, 15) is 4.79 Å². The van der Waals surface area contributed by atoms with Crippen LogP contribution in [0.1, 0.15) is 10.4 Å². The van der Waals surface area contributed by atoms with E-state index in [1.54, 1.807) is 0 Å². The average Bonchev–Trinajstić information content (AvgIpc) is 2.32. The van der Waals surface area contributed by atoms with Crippen LogP contribution in [0.4, 0.5) is 0 Å². The van der Waals surface area contributed by atoms with Gasteiger partial charge in [-0.3, -0.25) is 4.79 Å². The molecule has 3 nitrogen and oxygen atoms in total. The molecule has 1 amide bonds. The molecule has 1 aromatic carbocycles. The van der Waals surface area contributed by atoms with Gasteiger partial charge in [-0.05, 0) is 41.2 Å². The van der Waals surface area contributed by atoms with Crippen molar-refractivity contribution in [3.8, 4) is 0 Å². The quantitative estimate of drug-likeness (QED) is 0.803. The molecule has 1 aromatic rings. The van der Waals surface area contributed by atoms with E-state index >= 15 is 0 Å². The normalized spacial score (nSPS) is 17.2. The number of amides is 1. The minimum absolute atomic E-state index is 0.0841. The maximum atomic E-state index is 12.3. The van der Waals surface area contributed by atoms with Crippen LogP contribution in [0.2, 0.25) is 0 Å². The van der Waals surface area contributed by atoms with Gasteiger partial charge in [-0.1, -0.05) is 0 Å². The van der Waals surface area contributed by atoms with Gasteiger partial charge in [0.1, 0.15) is 0 Å². The fraction of sp³-hybridized carbons (Fsp3) is 0.417. The highest BCUT2D eigenvalue weighted by Crippen LogP contribution is 2.22. The lowest BCUT2D eigenvalue weighted by molar-refractivity contribution is 0.0663. The van der Waals surface area contributed by atoms with Gasteiger partial charge in [-0.25, -0.2) is 0 Å². The number of nitrogens with zero attached hydrogens (tertiary/aromatic N) is 2. The molecule has 92 valence electrons. The van der Waals surface area contributed by atoms with Crippen molar-refractivity contribution in [2.45, 2.75) is 4.90 Å². The van der Waals surface area contributed by atoms with Crippen LogP contribution in [0.3, 0.4) is 0 Å². The number of hydrogen-bond acceptors (Lipinski definition) is 3. The summed E-state index contributed by atoms with van der Waals surface area (Å²) in [6.45, 7) is 3.45. The topological polar surface area (TPSA) is 23.6 Å². The molecule has 1 saturated heterocycles. The summed E-state index contributed by atoms with van der Waals surface area (Å²) >= 11 is 7.69. The van der Waals surface area contributed by atoms with Gasteiger partial charge in [0, 0.05) is 35.5 Å². The molecule has 0 bridgehead atoms. The molecular formula is C12H15BrN2OS. The van der Waals surface area contributed by atoms with Crippen LogP contribution in [0.15, 0.2) is 27.6 Å². The standard InChI is InChI=1S/C12H15BrN2OS/c1-14-4-6-15(7-5-14)12(16)10-8-9(17)2-3-11(10)13/h2-3,8,17H,4-7H2,1H3. The Bertz CT molecular complexity index is 431. The highest BCUT2D eigenvalue weighted by Gasteiger charge is 2.21. The molecule has 1 aliphatic heterocycles. The van der Waals surface area contributed by atoms with E-state index in [-0.39, 0.29) is 5.91 Å². The zero-order chi connectivity index (χ0) is 12.4. The number of hydrogen-bond donors (Lipinski definition) is 1. The van der Waals surface area contributed by atoms with Crippen LogP contribution in [0.5, 0.6) is 0 Å². The Kier molecular flexibility index (Phi) is 4.12. The molecular weight excluding hydrogens is 300 g/mol. The van der Waals surface area contributed by atoms with E-state index in [0.717, 1.165) is 35.5 Å². The van der Waals surface area contributed by atoms with Crippen LogP contribution in [-0.2, 0) is 0 Å². The van der Waals surface area contributed by atoms with E-state index in [4.69, 9.17) is 0 Å². The van der Waals surface area contributed by atoms with Crippen LogP contribution < -0.4 is 0 Å². The fourth-order valence-electron chi connectivity index (χ4n) is 1.86. The number of piperazine rings is 1. The maximum Gasteiger partial charge on any atom is 0.255 e. The second kappa shape index (κ2) is 5.42. The number of carbonyl (C=O) groups excluding carboxylic acids is 1. The molecule has 1 fully saturated rings. The molecule has 0 saturated carbocycles. The van der Waals surface area contributed by atoms with Crippen LogP contribution in [0, 0.1) is 0 Å². The molecule has 5 heteroatoms. The van der Waals surface area contributed by atoms with Crippen molar-refractivity contribution in [3.63, 3.8) is 0 Å². The molecule has 0 aromatic heterocycles. The summed E-state index contributed by atoms with van der Waals surface area (Å²) in [5.74, 6) is 0.0841. The first kappa shape index (κ1) is 12.9. The summed E-state index contributed by atoms with van der Waals surface area (Å²) < 4.78 is 0.833. The largest absolute Gasteiger partial charge is 0.336 e. The molecule has 2 rings (SSSR count). The number of benzene rings is 1. The summed E-state index contributed by atoms with van der Waals surface area (Å²) in [5, 5.41) is 0. The second-order valence-electron chi connectivity index (χ2n) is 4.26. The van der Waals surface area contributed by atoms with Crippen molar-refractivity contribution in [2.75, 3.05) is 33.2 Å². The Labute approximate surface area is 115 Å². The Morgan fingerprint density at radius 1 is 1.29 bits per heavy atom. The number of carbonyl (C=O) groups is 1. The minimum atomic E-state index is 0.0841. The molecule has 1 heterocycles. The third-order valence-corrected chi connectivity index (χ3v) is 3.94. The Morgan fingerprint density at radius 2 is 1.94 bits per heavy atom. The first-order valence-electron chi connectivity index (χ1n) is 5.54. The summed E-state index contributed by atoms with van der Waals surface area (Å²) in [5.41, 5.74) is 0.696. The van der Waals surface area contributed by atoms with E-state index in [2.05, 4.69) is 40.5 Å². The van der Waals surface area contributed by atoms with E-state index in [0.29, 0.717) is 5.56 Å². The van der Waals surface area contributed by atoms with Gasteiger partial charge >= 0.3 is 0 Å². The van der Waals surface area contributed by atoms with Crippen LogP contribution in [-0.4, -0.2) is 48.9 Å². The average molecular weight is 315 g/mol. The number of thiol groups is 1. The van der Waals surface area contributed by atoms with Gasteiger partial charge in [-0.2, -0.15) is 0 Å². The fourth-order valence-corrected chi connectivity index (χ4v) is 2.48. The molecule has 0 spiro atoms. The lowest BCUT2D eigenvalue weighted by atomic mass is 10.2. The van der Waals surface area contributed by atoms with E-state index in [1.807, 2.05) is 23.1 Å². The number of halogens is 1. The zero-order valence-electron chi connectivity index (χ0n) is 9.69. The zero-order valence-corrected chi connectivity index (χ0v) is 12.2. The first-order chi connectivity index (χ1) is 8.08. The summed E-state index contributed by atoms with van der Waals surface area (Å²) in [7, 11) is 2.08.